The van der Waals surface area contributed by atoms with Crippen LogP contribution < -0.4 is 10.1 Å². The first-order valence-electron chi connectivity index (χ1n) is 9.72. The average molecular weight is 443 g/mol. The average Bonchev–Trinajstić information content (AvgIpc) is 3.13. The fraction of sp³-hybridized carbons (Fsp3) is 0.318. The van der Waals surface area contributed by atoms with E-state index < -0.39 is 5.66 Å². The van der Waals surface area contributed by atoms with Gasteiger partial charge in [-0.05, 0) is 30.5 Å². The minimum Gasteiger partial charge on any atom is -0.495 e. The summed E-state index contributed by atoms with van der Waals surface area (Å²) in [6.07, 6.45) is 3.39. The van der Waals surface area contributed by atoms with Crippen LogP contribution in [0, 0.1) is 0 Å². The molecule has 6 nitrogen and oxygen atoms in total. The van der Waals surface area contributed by atoms with E-state index in [0.717, 1.165) is 16.3 Å². The number of rotatable bonds is 3. The number of amides is 2. The van der Waals surface area contributed by atoms with E-state index >= 15 is 0 Å². The summed E-state index contributed by atoms with van der Waals surface area (Å²) in [6.45, 7) is 1.17. The molecule has 2 aromatic carbocycles. The van der Waals surface area contributed by atoms with Crippen LogP contribution in [0.2, 0.25) is 5.02 Å². The molecular formula is C22H23ClN4O2S. The number of urea groups is 1. The molecule has 8 heteroatoms. The second kappa shape index (κ2) is 8.70. The molecule has 2 aliphatic rings. The summed E-state index contributed by atoms with van der Waals surface area (Å²) in [4.78, 5) is 24.5. The van der Waals surface area contributed by atoms with Crippen molar-refractivity contribution in [2.24, 2.45) is 9.98 Å². The molecule has 1 saturated heterocycles. The maximum atomic E-state index is 12.7. The number of nitrogens with one attached hydrogen (secondary N) is 1. The number of hydrogen-bond acceptors (Lipinski definition) is 5. The van der Waals surface area contributed by atoms with Crippen LogP contribution in [0.4, 0.5) is 10.5 Å². The lowest BCUT2D eigenvalue weighted by atomic mass is 9.98. The predicted octanol–water partition coefficient (Wildman–Crippen LogP) is 4.94. The summed E-state index contributed by atoms with van der Waals surface area (Å²) >= 11 is 7.63. The summed E-state index contributed by atoms with van der Waals surface area (Å²) in [5.74, 6) is 0.640. The van der Waals surface area contributed by atoms with Gasteiger partial charge in [-0.3, -0.25) is 4.99 Å². The Morgan fingerprint density at radius 3 is 2.50 bits per heavy atom. The zero-order valence-corrected chi connectivity index (χ0v) is 18.5. The Morgan fingerprint density at radius 2 is 1.83 bits per heavy atom. The number of carbonyl (C=O) groups is 1. The quantitative estimate of drug-likeness (QED) is 0.732. The summed E-state index contributed by atoms with van der Waals surface area (Å²) in [7, 11) is 1.59. The standard InChI is InChI=1S/C22H23ClN4O2S/c1-29-18-6-4-3-5-17(18)24-21(28)27-13-11-22(12-14-27)25-19(20(26-22)30-2)15-7-9-16(23)10-8-15/h3-10H,11-14H2,1-2H3,(H,24,28). The van der Waals surface area contributed by atoms with E-state index in [-0.39, 0.29) is 6.03 Å². The monoisotopic (exact) mass is 442 g/mol. The van der Waals surface area contributed by atoms with E-state index in [1.807, 2.05) is 59.7 Å². The van der Waals surface area contributed by atoms with Crippen molar-refractivity contribution in [1.82, 2.24) is 4.90 Å². The number of hydrogen-bond donors (Lipinski definition) is 1. The molecule has 2 aliphatic heterocycles. The number of likely N-dealkylation sites (tertiary alicyclic amines) is 1. The fourth-order valence-electron chi connectivity index (χ4n) is 3.69. The van der Waals surface area contributed by atoms with Crippen molar-refractivity contribution < 1.29 is 9.53 Å². The molecule has 2 amide bonds. The number of aliphatic imine (C=N–C) groups is 2. The molecule has 0 unspecified atom stereocenters. The Balaban J connectivity index is 1.46. The summed E-state index contributed by atoms with van der Waals surface area (Å²) < 4.78 is 5.32. The van der Waals surface area contributed by atoms with E-state index in [0.29, 0.717) is 42.4 Å². The van der Waals surface area contributed by atoms with Crippen molar-refractivity contribution >= 4 is 45.8 Å². The normalized spacial score (nSPS) is 17.5. The van der Waals surface area contributed by atoms with Gasteiger partial charge in [-0.15, -0.1) is 11.8 Å². The largest absolute Gasteiger partial charge is 0.495 e. The third-order valence-corrected chi connectivity index (χ3v) is 6.27. The molecule has 0 atom stereocenters. The number of anilines is 1. The fourth-order valence-corrected chi connectivity index (χ4v) is 4.44. The van der Waals surface area contributed by atoms with Gasteiger partial charge in [-0.25, -0.2) is 9.79 Å². The van der Waals surface area contributed by atoms with Crippen molar-refractivity contribution in [3.8, 4) is 5.75 Å². The van der Waals surface area contributed by atoms with E-state index in [9.17, 15) is 4.79 Å². The van der Waals surface area contributed by atoms with Gasteiger partial charge in [0.2, 0.25) is 0 Å². The van der Waals surface area contributed by atoms with E-state index in [4.69, 9.17) is 26.3 Å². The zero-order chi connectivity index (χ0) is 21.1. The highest BCUT2D eigenvalue weighted by molar-refractivity contribution is 8.15. The Labute approximate surface area is 185 Å². The van der Waals surface area contributed by atoms with Gasteiger partial charge in [0.15, 0.2) is 5.66 Å². The number of benzene rings is 2. The van der Waals surface area contributed by atoms with Crippen molar-refractivity contribution in [3.63, 3.8) is 0 Å². The first kappa shape index (κ1) is 20.8. The molecule has 2 heterocycles. The lowest BCUT2D eigenvalue weighted by Gasteiger charge is -2.35. The molecule has 1 spiro atoms. The third-order valence-electron chi connectivity index (χ3n) is 5.34. The Hall–Kier alpha value is -2.51. The molecule has 0 radical (unpaired) electrons. The van der Waals surface area contributed by atoms with Crippen LogP contribution in [0.3, 0.4) is 0 Å². The molecule has 4 rings (SSSR count). The van der Waals surface area contributed by atoms with Crippen LogP contribution in [0.25, 0.3) is 0 Å². The molecule has 156 valence electrons. The molecule has 1 N–H and O–H groups in total. The zero-order valence-electron chi connectivity index (χ0n) is 16.9. The van der Waals surface area contributed by atoms with Gasteiger partial charge in [-0.2, -0.15) is 0 Å². The van der Waals surface area contributed by atoms with Crippen LogP contribution in [0.15, 0.2) is 58.5 Å². The van der Waals surface area contributed by atoms with Crippen molar-refractivity contribution in [1.29, 1.82) is 0 Å². The Kier molecular flexibility index (Phi) is 6.01. The van der Waals surface area contributed by atoms with Crippen LogP contribution >= 0.6 is 23.4 Å². The number of thioether (sulfide) groups is 1. The van der Waals surface area contributed by atoms with Crippen molar-refractivity contribution in [2.45, 2.75) is 18.5 Å². The molecule has 0 aromatic heterocycles. The number of para-hydroxylation sites is 2. The molecule has 0 saturated carbocycles. The highest BCUT2D eigenvalue weighted by Crippen LogP contribution is 2.35. The highest BCUT2D eigenvalue weighted by atomic mass is 35.5. The minimum absolute atomic E-state index is 0.136. The van der Waals surface area contributed by atoms with Crippen LogP contribution in [-0.4, -0.2) is 53.8 Å². The minimum atomic E-state index is -0.492. The number of methoxy groups -OCH3 is 1. The molecule has 2 aromatic rings. The molecular weight excluding hydrogens is 420 g/mol. The van der Waals surface area contributed by atoms with Gasteiger partial charge < -0.3 is 15.0 Å². The van der Waals surface area contributed by atoms with Gasteiger partial charge in [0.25, 0.3) is 0 Å². The summed E-state index contributed by atoms with van der Waals surface area (Å²) in [5.41, 5.74) is 2.10. The molecule has 0 bridgehead atoms. The van der Waals surface area contributed by atoms with Gasteiger partial charge in [0, 0.05) is 36.5 Å². The van der Waals surface area contributed by atoms with Crippen molar-refractivity contribution in [2.75, 3.05) is 31.8 Å². The molecule has 30 heavy (non-hydrogen) atoms. The molecule has 1 fully saturated rings. The lowest BCUT2D eigenvalue weighted by molar-refractivity contribution is 0.175. The van der Waals surface area contributed by atoms with E-state index in [1.165, 1.54) is 0 Å². The Bertz CT molecular complexity index is 998. The summed E-state index contributed by atoms with van der Waals surface area (Å²) in [6, 6.07) is 14.9. The number of piperidine rings is 1. The number of nitrogens with zero attached hydrogens (tertiary/aromatic N) is 3. The van der Waals surface area contributed by atoms with Gasteiger partial charge in [0.1, 0.15) is 10.8 Å². The predicted molar refractivity (Wildman–Crippen MR) is 124 cm³/mol. The van der Waals surface area contributed by atoms with E-state index in [2.05, 4.69) is 5.32 Å². The first-order valence-corrected chi connectivity index (χ1v) is 11.3. The SMILES string of the molecule is COc1ccccc1NC(=O)N1CCC2(CC1)N=C(SC)C(c1ccc(Cl)cc1)=N2. The lowest BCUT2D eigenvalue weighted by Crippen LogP contribution is -2.46. The smallest absolute Gasteiger partial charge is 0.321 e. The van der Waals surface area contributed by atoms with E-state index in [1.54, 1.807) is 18.9 Å². The van der Waals surface area contributed by atoms with Gasteiger partial charge >= 0.3 is 6.03 Å². The van der Waals surface area contributed by atoms with Crippen LogP contribution in [0.1, 0.15) is 18.4 Å². The second-order valence-corrected chi connectivity index (χ2v) is 8.42. The van der Waals surface area contributed by atoms with Crippen LogP contribution in [-0.2, 0) is 0 Å². The molecule has 0 aliphatic carbocycles. The topological polar surface area (TPSA) is 66.3 Å². The highest BCUT2D eigenvalue weighted by Gasteiger charge is 2.40. The number of halogens is 1. The number of carbonyl (C=O) groups excluding carboxylic acids is 1. The second-order valence-electron chi connectivity index (χ2n) is 7.19. The maximum Gasteiger partial charge on any atom is 0.321 e. The van der Waals surface area contributed by atoms with Crippen molar-refractivity contribution in [3.05, 3.63) is 59.1 Å². The first-order chi connectivity index (χ1) is 14.5. The van der Waals surface area contributed by atoms with Gasteiger partial charge in [-0.1, -0.05) is 35.9 Å². The Morgan fingerprint density at radius 1 is 1.13 bits per heavy atom. The maximum absolute atomic E-state index is 12.7. The number of ether oxygens (including phenoxy) is 1. The third kappa shape index (κ3) is 4.18. The van der Waals surface area contributed by atoms with Crippen LogP contribution in [0.5, 0.6) is 5.75 Å². The summed E-state index contributed by atoms with van der Waals surface area (Å²) in [5, 5.41) is 4.58. The van der Waals surface area contributed by atoms with Gasteiger partial charge in [0.05, 0.1) is 18.5 Å².